The van der Waals surface area contributed by atoms with Gasteiger partial charge >= 0.3 is 51.4 Å². The van der Waals surface area contributed by atoms with E-state index in [0.29, 0.717) is 12.2 Å². The van der Waals surface area contributed by atoms with Crippen molar-refractivity contribution in [3.8, 4) is 17.2 Å². The van der Waals surface area contributed by atoms with Crippen molar-refractivity contribution in [3.05, 3.63) is 48.0 Å². The van der Waals surface area contributed by atoms with Crippen molar-refractivity contribution in [1.29, 1.82) is 0 Å². The minimum atomic E-state index is -4.49. The molecule has 0 heterocycles. The fourth-order valence-electron chi connectivity index (χ4n) is 2.47. The summed E-state index contributed by atoms with van der Waals surface area (Å²) in [5.74, 6) is 0.0420. The van der Waals surface area contributed by atoms with Crippen LogP contribution in [0.1, 0.15) is 38.2 Å². The van der Waals surface area contributed by atoms with Crippen LogP contribution in [0.15, 0.2) is 47.4 Å². The normalized spacial score (nSPS) is 11.0. The molecule has 130 valence electrons. The van der Waals surface area contributed by atoms with Crippen LogP contribution in [0.25, 0.3) is 0 Å². The summed E-state index contributed by atoms with van der Waals surface area (Å²) in [6.07, 6.45) is 4.20. The summed E-state index contributed by atoms with van der Waals surface area (Å²) in [5.41, 5.74) is 0.282. The molecule has 0 aliphatic rings. The number of hydrogen-bond acceptors (Lipinski definition) is 4. The van der Waals surface area contributed by atoms with E-state index in [1.54, 1.807) is 30.3 Å². The molecule has 0 atom stereocenters. The molecular formula is C18H21KO5S. The summed E-state index contributed by atoms with van der Waals surface area (Å²) in [6, 6.07) is 10.8. The topological polar surface area (TPSA) is 86.7 Å². The maximum Gasteiger partial charge on any atom is 1.00 e. The van der Waals surface area contributed by atoms with Crippen LogP contribution in [0.4, 0.5) is 0 Å². The Balaban J connectivity index is 0.00000312. The number of para-hydroxylation sites is 1. The molecule has 0 unspecified atom stereocenters. The Morgan fingerprint density at radius 3 is 2.32 bits per heavy atom. The van der Waals surface area contributed by atoms with Crippen molar-refractivity contribution >= 4 is 10.1 Å². The summed E-state index contributed by atoms with van der Waals surface area (Å²) >= 11 is 0. The van der Waals surface area contributed by atoms with Crippen molar-refractivity contribution in [3.63, 3.8) is 0 Å². The van der Waals surface area contributed by atoms with E-state index in [1.807, 2.05) is 0 Å². The quantitative estimate of drug-likeness (QED) is 0.413. The number of benzene rings is 2. The van der Waals surface area contributed by atoms with Gasteiger partial charge in [-0.05, 0) is 36.6 Å². The summed E-state index contributed by atoms with van der Waals surface area (Å²) in [4.78, 5) is -0.378. The average Bonchev–Trinajstić information content (AvgIpc) is 2.53. The van der Waals surface area contributed by atoms with Crippen LogP contribution in [-0.2, 0) is 16.5 Å². The van der Waals surface area contributed by atoms with Crippen molar-refractivity contribution < 1.29 is 74.2 Å². The van der Waals surface area contributed by atoms with E-state index in [4.69, 9.17) is 4.74 Å². The molecule has 0 aliphatic carbocycles. The maximum absolute atomic E-state index is 12.2. The van der Waals surface area contributed by atoms with Gasteiger partial charge in [-0.25, -0.2) is 0 Å². The van der Waals surface area contributed by atoms with Gasteiger partial charge in [-0.2, -0.15) is 8.42 Å². The molecule has 2 rings (SSSR count). The van der Waals surface area contributed by atoms with Gasteiger partial charge in [0.15, 0.2) is 5.75 Å². The first-order valence-corrected chi connectivity index (χ1v) is 9.40. The van der Waals surface area contributed by atoms with E-state index in [-0.39, 0.29) is 73.3 Å². The van der Waals surface area contributed by atoms with E-state index >= 15 is 0 Å². The van der Waals surface area contributed by atoms with Crippen LogP contribution in [0.2, 0.25) is 0 Å². The standard InChI is InChI=1S/C18H22O5S.K/c1-2-3-4-8-11-15-16(19)12-13-17(24(20,21)22)18(15)23-14-9-6-5-7-10-14;/h5-7,9-10,12-13,19H,2-4,8,11H2,1H3,(H,20,21,22);/q;+1/p-1. The maximum atomic E-state index is 12.2. The van der Waals surface area contributed by atoms with Gasteiger partial charge in [-0.3, -0.25) is 4.55 Å². The van der Waals surface area contributed by atoms with E-state index in [9.17, 15) is 18.1 Å². The van der Waals surface area contributed by atoms with Gasteiger partial charge < -0.3 is 9.84 Å². The molecule has 0 radical (unpaired) electrons. The summed E-state index contributed by atoms with van der Waals surface area (Å²) < 4.78 is 38.4. The number of ether oxygens (including phenoxy) is 1. The van der Waals surface area contributed by atoms with Gasteiger partial charge in [-0.15, -0.1) is 5.75 Å². The molecule has 0 saturated carbocycles. The van der Waals surface area contributed by atoms with E-state index in [1.165, 1.54) is 0 Å². The molecule has 0 fully saturated rings. The van der Waals surface area contributed by atoms with Crippen LogP contribution in [0.3, 0.4) is 0 Å². The molecule has 1 N–H and O–H groups in total. The molecule has 0 bridgehead atoms. The second-order valence-corrected chi connectivity index (χ2v) is 6.96. The van der Waals surface area contributed by atoms with Crippen LogP contribution < -0.4 is 61.2 Å². The zero-order valence-electron chi connectivity index (χ0n) is 14.6. The van der Waals surface area contributed by atoms with Gasteiger partial charge in [0, 0.05) is 0 Å². The molecule has 5 nitrogen and oxygen atoms in total. The SMILES string of the molecule is CCCCCCc1c([O-])ccc(S(=O)(=O)O)c1Oc1ccccc1.[K+]. The fraction of sp³-hybridized carbons (Fsp3) is 0.333. The van der Waals surface area contributed by atoms with E-state index in [0.717, 1.165) is 37.8 Å². The Morgan fingerprint density at radius 2 is 1.72 bits per heavy atom. The van der Waals surface area contributed by atoms with Crippen molar-refractivity contribution in [2.24, 2.45) is 0 Å². The molecule has 0 aliphatic heterocycles. The molecule has 0 aromatic heterocycles. The van der Waals surface area contributed by atoms with Crippen molar-refractivity contribution in [2.75, 3.05) is 0 Å². The first kappa shape index (κ1) is 22.6. The van der Waals surface area contributed by atoms with Gasteiger partial charge in [-0.1, -0.05) is 50.5 Å². The molecular weight excluding hydrogens is 367 g/mol. The molecule has 0 amide bonds. The van der Waals surface area contributed by atoms with Crippen LogP contribution in [-0.4, -0.2) is 13.0 Å². The first-order chi connectivity index (χ1) is 11.4. The number of hydrogen-bond donors (Lipinski definition) is 1. The third-order valence-corrected chi connectivity index (χ3v) is 4.58. The summed E-state index contributed by atoms with van der Waals surface area (Å²) in [5, 5.41) is 12.2. The molecule has 0 saturated heterocycles. The van der Waals surface area contributed by atoms with Crippen LogP contribution in [0.5, 0.6) is 17.2 Å². The third kappa shape index (κ3) is 6.67. The average molecular weight is 389 g/mol. The van der Waals surface area contributed by atoms with Gasteiger partial charge in [0.05, 0.1) is 0 Å². The van der Waals surface area contributed by atoms with E-state index in [2.05, 4.69) is 6.92 Å². The monoisotopic (exact) mass is 388 g/mol. The van der Waals surface area contributed by atoms with Gasteiger partial charge in [0.2, 0.25) is 0 Å². The number of rotatable bonds is 8. The predicted molar refractivity (Wildman–Crippen MR) is 90.1 cm³/mol. The van der Waals surface area contributed by atoms with Gasteiger partial charge in [0.1, 0.15) is 10.6 Å². The van der Waals surface area contributed by atoms with E-state index < -0.39 is 10.1 Å². The molecule has 0 spiro atoms. The summed E-state index contributed by atoms with van der Waals surface area (Å²) in [7, 11) is -4.49. The first-order valence-electron chi connectivity index (χ1n) is 7.96. The zero-order chi connectivity index (χ0) is 17.6. The Kier molecular flexibility index (Phi) is 9.65. The van der Waals surface area contributed by atoms with Crippen molar-refractivity contribution in [1.82, 2.24) is 0 Å². The second-order valence-electron chi connectivity index (χ2n) is 5.57. The molecule has 2 aromatic carbocycles. The Labute approximate surface area is 191 Å². The molecule has 2 aromatic rings. The summed E-state index contributed by atoms with van der Waals surface area (Å²) in [6.45, 7) is 2.09. The Bertz CT molecular complexity index is 776. The second kappa shape index (κ2) is 10.7. The number of unbranched alkanes of at least 4 members (excludes halogenated alkanes) is 3. The largest absolute Gasteiger partial charge is 1.00 e. The minimum Gasteiger partial charge on any atom is -0.872 e. The smallest absolute Gasteiger partial charge is 0.872 e. The Morgan fingerprint density at radius 1 is 1.04 bits per heavy atom. The zero-order valence-corrected chi connectivity index (χ0v) is 18.5. The van der Waals surface area contributed by atoms with Gasteiger partial charge in [0.25, 0.3) is 10.1 Å². The third-order valence-electron chi connectivity index (χ3n) is 3.70. The fourth-order valence-corrected chi connectivity index (χ4v) is 3.11. The predicted octanol–water partition coefficient (Wildman–Crippen LogP) is 0.926. The molecule has 25 heavy (non-hydrogen) atoms. The minimum absolute atomic E-state index is 0. The van der Waals surface area contributed by atoms with Crippen LogP contribution in [0, 0.1) is 0 Å². The van der Waals surface area contributed by atoms with Crippen LogP contribution >= 0.6 is 0 Å². The molecule has 7 heteroatoms. The Hall–Kier alpha value is -0.414. The van der Waals surface area contributed by atoms with Crippen molar-refractivity contribution in [2.45, 2.75) is 43.9 Å².